The maximum Gasteiger partial charge on any atom is 0.170 e. The summed E-state index contributed by atoms with van der Waals surface area (Å²) in [6, 6.07) is 12.2. The Balaban J connectivity index is 1.95. The molecular weight excluding hydrogens is 271 g/mol. The van der Waals surface area contributed by atoms with E-state index in [9.17, 15) is 4.39 Å². The van der Waals surface area contributed by atoms with Gasteiger partial charge in [-0.15, -0.1) is 0 Å². The molecule has 3 N–H and O–H groups in total. The lowest BCUT2D eigenvalue weighted by Gasteiger charge is -2.07. The van der Waals surface area contributed by atoms with Crippen LogP contribution in [0.25, 0.3) is 10.9 Å². The maximum atomic E-state index is 14.1. The van der Waals surface area contributed by atoms with Crippen LogP contribution in [0.3, 0.4) is 0 Å². The van der Waals surface area contributed by atoms with E-state index >= 15 is 0 Å². The van der Waals surface area contributed by atoms with Gasteiger partial charge in [-0.2, -0.15) is 5.10 Å². The molecule has 0 fully saturated rings. The van der Waals surface area contributed by atoms with Gasteiger partial charge >= 0.3 is 0 Å². The second-order valence-electron chi connectivity index (χ2n) is 4.65. The number of nitrogens with two attached hydrogens (primary N) is 1. The summed E-state index contributed by atoms with van der Waals surface area (Å²) < 4.78 is 15.8. The molecule has 0 spiro atoms. The van der Waals surface area contributed by atoms with Gasteiger partial charge in [0.15, 0.2) is 5.84 Å². The summed E-state index contributed by atoms with van der Waals surface area (Å²) in [6.45, 7) is 0.315. The zero-order chi connectivity index (χ0) is 14.8. The van der Waals surface area contributed by atoms with E-state index in [0.29, 0.717) is 17.7 Å². The van der Waals surface area contributed by atoms with Gasteiger partial charge in [-0.1, -0.05) is 35.5 Å². The molecule has 0 radical (unpaired) electrons. The third-order valence-electron chi connectivity index (χ3n) is 3.33. The highest BCUT2D eigenvalue weighted by molar-refractivity contribution is 5.97. The fraction of sp³-hybridized carbons (Fsp3) is 0.0667. The molecule has 0 aliphatic carbocycles. The molecule has 0 aliphatic heterocycles. The molecule has 106 valence electrons. The van der Waals surface area contributed by atoms with E-state index in [1.165, 1.54) is 6.07 Å². The zero-order valence-corrected chi connectivity index (χ0v) is 11.1. The van der Waals surface area contributed by atoms with Crippen molar-refractivity contribution in [2.75, 3.05) is 0 Å². The van der Waals surface area contributed by atoms with Gasteiger partial charge in [0.25, 0.3) is 0 Å². The van der Waals surface area contributed by atoms with Crippen LogP contribution in [0, 0.1) is 5.82 Å². The first kappa shape index (κ1) is 13.1. The van der Waals surface area contributed by atoms with Gasteiger partial charge in [-0.3, -0.25) is 4.68 Å². The lowest BCUT2D eigenvalue weighted by molar-refractivity contribution is 0.318. The number of para-hydroxylation sites is 1. The second kappa shape index (κ2) is 5.24. The zero-order valence-electron chi connectivity index (χ0n) is 11.1. The van der Waals surface area contributed by atoms with Gasteiger partial charge < -0.3 is 10.9 Å². The molecule has 0 saturated heterocycles. The van der Waals surface area contributed by atoms with Crippen LogP contribution in [0.2, 0.25) is 0 Å². The number of hydrogen-bond acceptors (Lipinski definition) is 3. The second-order valence-corrected chi connectivity index (χ2v) is 4.65. The molecule has 0 amide bonds. The van der Waals surface area contributed by atoms with E-state index in [2.05, 4.69) is 10.3 Å². The Kier molecular flexibility index (Phi) is 3.27. The number of hydrogen-bond donors (Lipinski definition) is 2. The predicted molar refractivity (Wildman–Crippen MR) is 77.7 cm³/mol. The molecule has 0 atom stereocenters. The SMILES string of the molecule is NC(=NO)c1ccc(Cn2ncc3ccccc32)c(F)c1. The van der Waals surface area contributed by atoms with Gasteiger partial charge in [0, 0.05) is 16.5 Å². The average Bonchev–Trinajstić information content (AvgIpc) is 2.92. The van der Waals surface area contributed by atoms with E-state index in [4.69, 9.17) is 10.9 Å². The summed E-state index contributed by atoms with van der Waals surface area (Å²) in [5.74, 6) is -0.538. The quantitative estimate of drug-likeness (QED) is 0.335. The summed E-state index contributed by atoms with van der Waals surface area (Å²) in [6.07, 6.45) is 1.75. The van der Waals surface area contributed by atoms with Gasteiger partial charge in [-0.05, 0) is 12.1 Å². The monoisotopic (exact) mass is 284 g/mol. The summed E-state index contributed by atoms with van der Waals surface area (Å²) >= 11 is 0. The number of amidine groups is 1. The number of aromatic nitrogens is 2. The third-order valence-corrected chi connectivity index (χ3v) is 3.33. The van der Waals surface area contributed by atoms with Crippen LogP contribution in [-0.2, 0) is 6.54 Å². The Hall–Kier alpha value is -2.89. The summed E-state index contributed by atoms with van der Waals surface area (Å²) in [7, 11) is 0. The molecule has 0 aliphatic rings. The highest BCUT2D eigenvalue weighted by atomic mass is 19.1. The number of halogens is 1. The van der Waals surface area contributed by atoms with Crippen molar-refractivity contribution >= 4 is 16.7 Å². The van der Waals surface area contributed by atoms with Crippen LogP contribution in [-0.4, -0.2) is 20.8 Å². The molecular formula is C15H13FN4O. The molecule has 3 rings (SSSR count). The van der Waals surface area contributed by atoms with Crippen molar-refractivity contribution in [1.82, 2.24) is 9.78 Å². The molecule has 0 unspecified atom stereocenters. The molecule has 6 heteroatoms. The molecule has 2 aromatic carbocycles. The Morgan fingerprint density at radius 3 is 2.86 bits per heavy atom. The van der Waals surface area contributed by atoms with Gasteiger partial charge in [0.1, 0.15) is 5.82 Å². The summed E-state index contributed by atoms with van der Waals surface area (Å²) in [4.78, 5) is 0. The molecule has 0 saturated carbocycles. The van der Waals surface area contributed by atoms with E-state index < -0.39 is 5.82 Å². The maximum absolute atomic E-state index is 14.1. The van der Waals surface area contributed by atoms with Crippen LogP contribution in [0.4, 0.5) is 4.39 Å². The Morgan fingerprint density at radius 2 is 2.10 bits per heavy atom. The summed E-state index contributed by atoms with van der Waals surface area (Å²) in [5, 5.41) is 16.7. The Bertz CT molecular complexity index is 825. The standard InChI is InChI=1S/C15H13FN4O/c16-13-7-10(15(17)19-21)5-6-12(13)9-20-14-4-2-1-3-11(14)8-18-20/h1-8,21H,9H2,(H2,17,19). The number of benzene rings is 2. The fourth-order valence-corrected chi connectivity index (χ4v) is 2.21. The van der Waals surface area contributed by atoms with Crippen molar-refractivity contribution in [2.24, 2.45) is 10.9 Å². The third kappa shape index (κ3) is 2.43. The molecule has 0 bridgehead atoms. The van der Waals surface area contributed by atoms with E-state index in [0.717, 1.165) is 10.9 Å². The number of nitrogens with zero attached hydrogens (tertiary/aromatic N) is 3. The first-order chi connectivity index (χ1) is 10.2. The highest BCUT2D eigenvalue weighted by Gasteiger charge is 2.09. The van der Waals surface area contributed by atoms with Crippen molar-refractivity contribution in [1.29, 1.82) is 0 Å². The van der Waals surface area contributed by atoms with E-state index in [1.54, 1.807) is 23.0 Å². The van der Waals surface area contributed by atoms with Crippen LogP contribution in [0.15, 0.2) is 53.8 Å². The van der Waals surface area contributed by atoms with Crippen molar-refractivity contribution in [2.45, 2.75) is 6.54 Å². The van der Waals surface area contributed by atoms with Crippen molar-refractivity contribution < 1.29 is 9.60 Å². The fourth-order valence-electron chi connectivity index (χ4n) is 2.21. The average molecular weight is 284 g/mol. The molecule has 1 heterocycles. The Labute approximate surface area is 120 Å². The van der Waals surface area contributed by atoms with Gasteiger partial charge in [0.2, 0.25) is 0 Å². The topological polar surface area (TPSA) is 76.4 Å². The molecule has 1 aromatic heterocycles. The summed E-state index contributed by atoms with van der Waals surface area (Å²) in [5.41, 5.74) is 7.20. The molecule has 21 heavy (non-hydrogen) atoms. The van der Waals surface area contributed by atoms with Crippen molar-refractivity contribution in [3.05, 3.63) is 65.6 Å². The molecule has 5 nitrogen and oxygen atoms in total. The van der Waals surface area contributed by atoms with Crippen molar-refractivity contribution in [3.8, 4) is 0 Å². The minimum atomic E-state index is -0.418. The predicted octanol–water partition coefficient (Wildman–Crippen LogP) is 2.32. The number of fused-ring (bicyclic) bond motifs is 1. The normalized spacial score (nSPS) is 12.0. The van der Waals surface area contributed by atoms with Crippen LogP contribution in [0.5, 0.6) is 0 Å². The largest absolute Gasteiger partial charge is 0.409 e. The van der Waals surface area contributed by atoms with Gasteiger partial charge in [0.05, 0.1) is 18.3 Å². The lowest BCUT2D eigenvalue weighted by Crippen LogP contribution is -2.14. The Morgan fingerprint density at radius 1 is 1.29 bits per heavy atom. The van der Waals surface area contributed by atoms with Crippen molar-refractivity contribution in [3.63, 3.8) is 0 Å². The smallest absolute Gasteiger partial charge is 0.170 e. The minimum absolute atomic E-state index is 0.120. The highest BCUT2D eigenvalue weighted by Crippen LogP contribution is 2.17. The molecule has 3 aromatic rings. The van der Waals surface area contributed by atoms with Crippen LogP contribution < -0.4 is 5.73 Å². The minimum Gasteiger partial charge on any atom is -0.409 e. The van der Waals surface area contributed by atoms with Crippen LogP contribution >= 0.6 is 0 Å². The first-order valence-electron chi connectivity index (χ1n) is 6.36. The van der Waals surface area contributed by atoms with E-state index in [1.807, 2.05) is 24.3 Å². The lowest BCUT2D eigenvalue weighted by atomic mass is 10.1. The first-order valence-corrected chi connectivity index (χ1v) is 6.36. The van der Waals surface area contributed by atoms with E-state index in [-0.39, 0.29) is 5.84 Å². The number of oxime groups is 1. The number of rotatable bonds is 3. The van der Waals surface area contributed by atoms with Gasteiger partial charge in [-0.25, -0.2) is 4.39 Å². The van der Waals surface area contributed by atoms with Crippen LogP contribution in [0.1, 0.15) is 11.1 Å².